The highest BCUT2D eigenvalue weighted by Crippen LogP contribution is 2.36. The number of halogens is 4. The molecule has 1 aromatic carbocycles. The van der Waals surface area contributed by atoms with E-state index in [0.29, 0.717) is 6.07 Å². The average molecular weight is 314 g/mol. The molecule has 0 bridgehead atoms. The first kappa shape index (κ1) is 13.4. The lowest BCUT2D eigenvalue weighted by atomic mass is 10.1. The van der Waals surface area contributed by atoms with E-state index in [1.54, 1.807) is 0 Å². The van der Waals surface area contributed by atoms with Crippen molar-refractivity contribution in [3.8, 4) is 0 Å². The van der Waals surface area contributed by atoms with E-state index in [1.807, 2.05) is 0 Å². The second-order valence-corrected chi connectivity index (χ2v) is 3.77. The summed E-state index contributed by atoms with van der Waals surface area (Å²) in [7, 11) is 0. The lowest BCUT2D eigenvalue weighted by Gasteiger charge is -2.08. The van der Waals surface area contributed by atoms with Gasteiger partial charge in [-0.2, -0.15) is 13.2 Å². The zero-order chi connectivity index (χ0) is 13.4. The van der Waals surface area contributed by atoms with Crippen LogP contribution in [0.3, 0.4) is 0 Å². The van der Waals surface area contributed by atoms with Gasteiger partial charge in [-0.1, -0.05) is 0 Å². The van der Waals surface area contributed by atoms with Crippen LogP contribution in [-0.4, -0.2) is 16.0 Å². The van der Waals surface area contributed by atoms with Gasteiger partial charge in [-0.25, -0.2) is 4.79 Å². The molecular weight excluding hydrogens is 311 g/mol. The minimum atomic E-state index is -4.79. The number of alkyl halides is 3. The fraction of sp³-hybridized carbons (Fsp3) is 0.125. The lowest BCUT2D eigenvalue weighted by molar-refractivity contribution is -0.385. The van der Waals surface area contributed by atoms with Crippen LogP contribution >= 0.6 is 15.9 Å². The molecule has 0 heterocycles. The standard InChI is InChI=1S/C8H3BrF3NO4/c9-4-1-3(8(10,11)12)2-5(13(16)17)6(4)7(14)15/h1-2H,(H,14,15). The minimum Gasteiger partial charge on any atom is -0.477 e. The number of rotatable bonds is 2. The van der Waals surface area contributed by atoms with E-state index in [9.17, 15) is 28.1 Å². The number of nitro groups is 1. The second-order valence-electron chi connectivity index (χ2n) is 2.91. The Labute approximate surface area is 100 Å². The Bertz CT molecular complexity index is 500. The predicted octanol–water partition coefficient (Wildman–Crippen LogP) is 3.07. The first-order valence-corrected chi connectivity index (χ1v) is 4.72. The van der Waals surface area contributed by atoms with Gasteiger partial charge in [0.25, 0.3) is 5.69 Å². The van der Waals surface area contributed by atoms with E-state index in [0.717, 1.165) is 0 Å². The fourth-order valence-electron chi connectivity index (χ4n) is 1.11. The van der Waals surface area contributed by atoms with Crippen molar-refractivity contribution < 1.29 is 28.0 Å². The van der Waals surface area contributed by atoms with E-state index in [4.69, 9.17) is 5.11 Å². The molecule has 0 aliphatic rings. The van der Waals surface area contributed by atoms with Crippen molar-refractivity contribution in [2.45, 2.75) is 6.18 Å². The van der Waals surface area contributed by atoms with E-state index >= 15 is 0 Å². The Balaban J connectivity index is 3.58. The summed E-state index contributed by atoms with van der Waals surface area (Å²) in [5, 5.41) is 19.2. The van der Waals surface area contributed by atoms with E-state index < -0.39 is 38.4 Å². The maximum absolute atomic E-state index is 12.4. The summed E-state index contributed by atoms with van der Waals surface area (Å²) in [6, 6.07) is 0.671. The average Bonchev–Trinajstić information content (AvgIpc) is 2.13. The molecule has 1 rings (SSSR count). The second kappa shape index (κ2) is 4.32. The van der Waals surface area contributed by atoms with Gasteiger partial charge in [0, 0.05) is 10.5 Å². The van der Waals surface area contributed by atoms with Crippen molar-refractivity contribution in [2.75, 3.05) is 0 Å². The molecule has 17 heavy (non-hydrogen) atoms. The lowest BCUT2D eigenvalue weighted by Crippen LogP contribution is -2.10. The fourth-order valence-corrected chi connectivity index (χ4v) is 1.73. The number of hydrogen-bond donors (Lipinski definition) is 1. The Kier molecular flexibility index (Phi) is 3.41. The Hall–Kier alpha value is -1.64. The number of carboxylic acid groups (broad SMARTS) is 1. The first-order chi connectivity index (χ1) is 7.64. The summed E-state index contributed by atoms with van der Waals surface area (Å²) < 4.78 is 36.6. The zero-order valence-electron chi connectivity index (χ0n) is 7.79. The summed E-state index contributed by atoms with van der Waals surface area (Å²) in [5.41, 5.74) is -3.22. The van der Waals surface area contributed by atoms with Crippen LogP contribution in [0, 0.1) is 10.1 Å². The maximum Gasteiger partial charge on any atom is 0.416 e. The van der Waals surface area contributed by atoms with Crippen LogP contribution in [0.1, 0.15) is 15.9 Å². The number of nitrogens with zero attached hydrogens (tertiary/aromatic N) is 1. The summed E-state index contributed by atoms with van der Waals surface area (Å²) in [5.74, 6) is -1.68. The molecule has 1 N–H and O–H groups in total. The third-order valence-electron chi connectivity index (χ3n) is 1.81. The highest BCUT2D eigenvalue weighted by molar-refractivity contribution is 9.10. The van der Waals surface area contributed by atoms with Crippen LogP contribution < -0.4 is 0 Å². The number of hydrogen-bond acceptors (Lipinski definition) is 3. The molecule has 1 aromatic rings. The molecule has 0 aliphatic carbocycles. The monoisotopic (exact) mass is 313 g/mol. The molecule has 0 saturated heterocycles. The maximum atomic E-state index is 12.4. The zero-order valence-corrected chi connectivity index (χ0v) is 9.37. The van der Waals surface area contributed by atoms with E-state index in [1.165, 1.54) is 0 Å². The molecule has 0 saturated carbocycles. The van der Waals surface area contributed by atoms with Gasteiger partial charge in [0.1, 0.15) is 0 Å². The van der Waals surface area contributed by atoms with Gasteiger partial charge in [0.05, 0.1) is 10.5 Å². The number of benzene rings is 1. The van der Waals surface area contributed by atoms with Gasteiger partial charge >= 0.3 is 12.1 Å². The Morgan fingerprint density at radius 2 is 1.94 bits per heavy atom. The highest BCUT2D eigenvalue weighted by atomic mass is 79.9. The molecule has 0 unspecified atom stereocenters. The van der Waals surface area contributed by atoms with Crippen LogP contribution in [0.4, 0.5) is 18.9 Å². The molecule has 0 aliphatic heterocycles. The minimum absolute atomic E-state index is 0.189. The summed E-state index contributed by atoms with van der Waals surface area (Å²) >= 11 is 2.57. The molecule has 0 fully saturated rings. The Morgan fingerprint density at radius 1 is 1.41 bits per heavy atom. The molecule has 0 atom stereocenters. The van der Waals surface area contributed by atoms with Crippen LogP contribution in [-0.2, 0) is 6.18 Å². The van der Waals surface area contributed by atoms with Gasteiger partial charge < -0.3 is 5.11 Å². The first-order valence-electron chi connectivity index (χ1n) is 3.93. The number of carboxylic acids is 1. The normalized spacial score (nSPS) is 11.3. The topological polar surface area (TPSA) is 80.4 Å². The van der Waals surface area contributed by atoms with Crippen LogP contribution in [0.2, 0.25) is 0 Å². The third kappa shape index (κ3) is 2.73. The number of aromatic carboxylic acids is 1. The molecule has 5 nitrogen and oxygen atoms in total. The Morgan fingerprint density at radius 3 is 2.29 bits per heavy atom. The van der Waals surface area contributed by atoms with Gasteiger partial charge in [-0.3, -0.25) is 10.1 Å². The predicted molar refractivity (Wildman–Crippen MR) is 52.8 cm³/mol. The van der Waals surface area contributed by atoms with Gasteiger partial charge in [0.2, 0.25) is 0 Å². The largest absolute Gasteiger partial charge is 0.477 e. The van der Waals surface area contributed by atoms with Crippen molar-refractivity contribution in [3.05, 3.63) is 37.8 Å². The van der Waals surface area contributed by atoms with Gasteiger partial charge in [-0.15, -0.1) is 0 Å². The molecule has 0 spiro atoms. The van der Waals surface area contributed by atoms with Gasteiger partial charge in [-0.05, 0) is 22.0 Å². The summed E-state index contributed by atoms with van der Waals surface area (Å²) in [4.78, 5) is 20.0. The summed E-state index contributed by atoms with van der Waals surface area (Å²) in [6.07, 6.45) is -4.79. The molecule has 9 heteroatoms. The van der Waals surface area contributed by atoms with Crippen LogP contribution in [0.25, 0.3) is 0 Å². The van der Waals surface area contributed by atoms with Crippen LogP contribution in [0.15, 0.2) is 16.6 Å². The third-order valence-corrected chi connectivity index (χ3v) is 2.43. The highest BCUT2D eigenvalue weighted by Gasteiger charge is 2.35. The molecule has 0 amide bonds. The SMILES string of the molecule is O=C(O)c1c(Br)cc(C(F)(F)F)cc1[N+](=O)[O-]. The molecule has 92 valence electrons. The number of carbonyl (C=O) groups is 1. The smallest absolute Gasteiger partial charge is 0.416 e. The van der Waals surface area contributed by atoms with E-state index in [-0.39, 0.29) is 6.07 Å². The molecular formula is C8H3BrF3NO4. The van der Waals surface area contributed by atoms with Crippen molar-refractivity contribution >= 4 is 27.6 Å². The van der Waals surface area contributed by atoms with Crippen molar-refractivity contribution in [2.24, 2.45) is 0 Å². The molecule has 0 aromatic heterocycles. The molecule has 0 radical (unpaired) electrons. The van der Waals surface area contributed by atoms with E-state index in [2.05, 4.69) is 15.9 Å². The van der Waals surface area contributed by atoms with Crippen molar-refractivity contribution in [1.29, 1.82) is 0 Å². The van der Waals surface area contributed by atoms with Crippen molar-refractivity contribution in [3.63, 3.8) is 0 Å². The van der Waals surface area contributed by atoms with Crippen molar-refractivity contribution in [1.82, 2.24) is 0 Å². The van der Waals surface area contributed by atoms with Crippen LogP contribution in [0.5, 0.6) is 0 Å². The summed E-state index contributed by atoms with van der Waals surface area (Å²) in [6.45, 7) is 0. The number of nitro benzene ring substituents is 1. The quantitative estimate of drug-likeness (QED) is 0.672. The van der Waals surface area contributed by atoms with Gasteiger partial charge in [0.15, 0.2) is 5.56 Å².